The van der Waals surface area contributed by atoms with Crippen LogP contribution in [-0.4, -0.2) is 73.6 Å². The molecule has 0 aliphatic carbocycles. The molecule has 2 saturated heterocycles. The molecule has 0 saturated carbocycles. The molecule has 0 aromatic rings. The smallest absolute Gasteiger partial charge is 0.0120 e. The Labute approximate surface area is 163 Å². The van der Waals surface area contributed by atoms with E-state index in [1.54, 1.807) is 0 Å². The normalized spacial score (nSPS) is 22.7. The summed E-state index contributed by atoms with van der Waals surface area (Å²) in [7, 11) is 2.27. The highest BCUT2D eigenvalue weighted by molar-refractivity contribution is 4.93. The van der Waals surface area contributed by atoms with Gasteiger partial charge in [-0.3, -0.25) is 0 Å². The molecule has 2 rings (SSSR count). The highest BCUT2D eigenvalue weighted by Gasteiger charge is 2.28. The Morgan fingerprint density at radius 2 is 1.73 bits per heavy atom. The van der Waals surface area contributed by atoms with E-state index >= 15 is 0 Å². The second kappa shape index (κ2) is 11.5. The fourth-order valence-electron chi connectivity index (χ4n) is 4.75. The Hall–Kier alpha value is -0.380. The summed E-state index contributed by atoms with van der Waals surface area (Å²) < 4.78 is 0. The summed E-state index contributed by atoms with van der Waals surface area (Å²) >= 11 is 0. The maximum Gasteiger partial charge on any atom is 0.0120 e. The van der Waals surface area contributed by atoms with E-state index in [0.29, 0.717) is 0 Å². The molecule has 0 bridgehead atoms. The number of hydrogen-bond donors (Lipinski definition) is 0. The molecule has 3 heteroatoms. The van der Waals surface area contributed by atoms with Gasteiger partial charge in [-0.05, 0) is 104 Å². The Kier molecular flexibility index (Phi) is 9.66. The van der Waals surface area contributed by atoms with Gasteiger partial charge < -0.3 is 14.7 Å². The summed E-state index contributed by atoms with van der Waals surface area (Å²) in [6, 6.07) is 0.865. The zero-order valence-electron chi connectivity index (χ0n) is 18.3. The van der Waals surface area contributed by atoms with E-state index in [4.69, 9.17) is 0 Å². The lowest BCUT2D eigenvalue weighted by Crippen LogP contribution is -2.48. The fourth-order valence-corrected chi connectivity index (χ4v) is 4.75. The summed E-state index contributed by atoms with van der Waals surface area (Å²) in [6.07, 6.45) is 10.6. The van der Waals surface area contributed by atoms with Gasteiger partial charge in [0.25, 0.3) is 0 Å². The van der Waals surface area contributed by atoms with Gasteiger partial charge in [0.15, 0.2) is 0 Å². The van der Waals surface area contributed by atoms with Crippen molar-refractivity contribution in [3.05, 3.63) is 11.6 Å². The lowest BCUT2D eigenvalue weighted by atomic mass is 9.92. The van der Waals surface area contributed by atoms with Crippen molar-refractivity contribution in [2.24, 2.45) is 11.8 Å². The van der Waals surface area contributed by atoms with Crippen molar-refractivity contribution < 1.29 is 0 Å². The van der Waals surface area contributed by atoms with Crippen LogP contribution in [0.1, 0.15) is 66.2 Å². The second-order valence-corrected chi connectivity index (χ2v) is 9.33. The average Bonchev–Trinajstić information content (AvgIpc) is 2.62. The molecule has 0 aromatic carbocycles. The Balaban J connectivity index is 1.67. The van der Waals surface area contributed by atoms with Gasteiger partial charge in [0, 0.05) is 19.1 Å². The minimum atomic E-state index is 0.810. The van der Waals surface area contributed by atoms with E-state index in [1.807, 2.05) is 0 Å². The van der Waals surface area contributed by atoms with Crippen LogP contribution in [0.15, 0.2) is 11.6 Å². The molecule has 152 valence electrons. The van der Waals surface area contributed by atoms with Crippen LogP contribution in [0, 0.1) is 11.8 Å². The standard InChI is InChI=1S/C23H45N3/c1-6-25(18-21(4)9-7-8-20(2)3)19-22-10-16-26(17-11-22)23-12-14-24(5)15-13-23/h8,21-23H,6-7,9-19H2,1-5H3/t21-/m1/s1. The molecule has 26 heavy (non-hydrogen) atoms. The molecule has 1 atom stereocenters. The molecule has 0 unspecified atom stereocenters. The molecule has 0 amide bonds. The second-order valence-electron chi connectivity index (χ2n) is 9.33. The minimum Gasteiger partial charge on any atom is -0.306 e. The predicted molar refractivity (Wildman–Crippen MR) is 115 cm³/mol. The predicted octanol–water partition coefficient (Wildman–Crippen LogP) is 4.50. The number of likely N-dealkylation sites (tertiary alicyclic amines) is 2. The Bertz CT molecular complexity index is 400. The van der Waals surface area contributed by atoms with E-state index in [2.05, 4.69) is 55.5 Å². The van der Waals surface area contributed by atoms with E-state index in [0.717, 1.165) is 17.9 Å². The quantitative estimate of drug-likeness (QED) is 0.559. The van der Waals surface area contributed by atoms with Crippen molar-refractivity contribution in [3.63, 3.8) is 0 Å². The van der Waals surface area contributed by atoms with Crippen molar-refractivity contribution in [1.29, 1.82) is 0 Å². The van der Waals surface area contributed by atoms with Gasteiger partial charge in [0.05, 0.1) is 0 Å². The van der Waals surface area contributed by atoms with E-state index in [9.17, 15) is 0 Å². The number of allylic oxidation sites excluding steroid dienone is 2. The van der Waals surface area contributed by atoms with Crippen molar-refractivity contribution in [2.45, 2.75) is 72.3 Å². The Morgan fingerprint density at radius 3 is 2.31 bits per heavy atom. The maximum atomic E-state index is 2.81. The first-order valence-corrected chi connectivity index (χ1v) is 11.3. The van der Waals surface area contributed by atoms with Crippen molar-refractivity contribution >= 4 is 0 Å². The minimum absolute atomic E-state index is 0.810. The van der Waals surface area contributed by atoms with Gasteiger partial charge in [-0.25, -0.2) is 0 Å². The van der Waals surface area contributed by atoms with Crippen LogP contribution in [0.3, 0.4) is 0 Å². The van der Waals surface area contributed by atoms with Crippen molar-refractivity contribution in [3.8, 4) is 0 Å². The molecule has 0 N–H and O–H groups in total. The van der Waals surface area contributed by atoms with Gasteiger partial charge in [-0.1, -0.05) is 25.5 Å². The fraction of sp³-hybridized carbons (Fsp3) is 0.913. The highest BCUT2D eigenvalue weighted by atomic mass is 15.2. The molecule has 0 spiro atoms. The van der Waals surface area contributed by atoms with Gasteiger partial charge in [0.1, 0.15) is 0 Å². The maximum absolute atomic E-state index is 2.81. The van der Waals surface area contributed by atoms with Crippen LogP contribution in [0.2, 0.25) is 0 Å². The third-order valence-corrected chi connectivity index (χ3v) is 6.60. The SMILES string of the molecule is CCN(CC1CCN(C2CCN(C)CC2)CC1)C[C@H](C)CCC=C(C)C. The topological polar surface area (TPSA) is 9.72 Å². The summed E-state index contributed by atoms with van der Waals surface area (Å²) in [5, 5.41) is 0. The van der Waals surface area contributed by atoms with E-state index < -0.39 is 0 Å². The molecule has 0 aromatic heterocycles. The monoisotopic (exact) mass is 363 g/mol. The summed E-state index contributed by atoms with van der Waals surface area (Å²) in [6.45, 7) is 18.3. The summed E-state index contributed by atoms with van der Waals surface area (Å²) in [4.78, 5) is 8.02. The summed E-state index contributed by atoms with van der Waals surface area (Å²) in [5.41, 5.74) is 1.46. The number of nitrogens with zero attached hydrogens (tertiary/aromatic N) is 3. The first kappa shape index (κ1) is 21.9. The van der Waals surface area contributed by atoms with E-state index in [1.165, 1.54) is 89.9 Å². The lowest BCUT2D eigenvalue weighted by molar-refractivity contribution is 0.0736. The highest BCUT2D eigenvalue weighted by Crippen LogP contribution is 2.24. The van der Waals surface area contributed by atoms with Crippen LogP contribution in [0.4, 0.5) is 0 Å². The average molecular weight is 364 g/mol. The lowest BCUT2D eigenvalue weighted by Gasteiger charge is -2.42. The van der Waals surface area contributed by atoms with Crippen molar-refractivity contribution in [1.82, 2.24) is 14.7 Å². The largest absolute Gasteiger partial charge is 0.306 e. The molecule has 0 radical (unpaired) electrons. The first-order chi connectivity index (χ1) is 12.5. The number of rotatable bonds is 9. The molecule has 3 nitrogen and oxygen atoms in total. The Morgan fingerprint density at radius 1 is 1.08 bits per heavy atom. The van der Waals surface area contributed by atoms with Crippen LogP contribution in [-0.2, 0) is 0 Å². The molecule has 2 fully saturated rings. The molecule has 2 aliphatic heterocycles. The third-order valence-electron chi connectivity index (χ3n) is 6.60. The van der Waals surface area contributed by atoms with Gasteiger partial charge in [-0.2, -0.15) is 0 Å². The summed E-state index contributed by atoms with van der Waals surface area (Å²) in [5.74, 6) is 1.73. The van der Waals surface area contributed by atoms with Gasteiger partial charge in [0.2, 0.25) is 0 Å². The zero-order valence-corrected chi connectivity index (χ0v) is 18.3. The van der Waals surface area contributed by atoms with Crippen LogP contribution in [0.25, 0.3) is 0 Å². The van der Waals surface area contributed by atoms with Gasteiger partial charge in [-0.15, -0.1) is 0 Å². The van der Waals surface area contributed by atoms with Crippen LogP contribution < -0.4 is 0 Å². The first-order valence-electron chi connectivity index (χ1n) is 11.3. The van der Waals surface area contributed by atoms with Crippen molar-refractivity contribution in [2.75, 3.05) is 52.9 Å². The zero-order chi connectivity index (χ0) is 18.9. The molecular formula is C23H45N3. The van der Waals surface area contributed by atoms with Crippen LogP contribution in [0.5, 0.6) is 0 Å². The third kappa shape index (κ3) is 7.70. The molecule has 2 aliphatic rings. The van der Waals surface area contributed by atoms with Gasteiger partial charge >= 0.3 is 0 Å². The number of piperidine rings is 2. The molecule has 2 heterocycles. The number of hydrogen-bond acceptors (Lipinski definition) is 3. The van der Waals surface area contributed by atoms with E-state index in [-0.39, 0.29) is 0 Å². The van der Waals surface area contributed by atoms with Crippen LogP contribution >= 0.6 is 0 Å². The molecular weight excluding hydrogens is 318 g/mol.